The van der Waals surface area contributed by atoms with Gasteiger partial charge in [-0.05, 0) is 25.0 Å². The average Bonchev–Trinajstić information content (AvgIpc) is 3.21. The van der Waals surface area contributed by atoms with Crippen molar-refractivity contribution in [2.75, 3.05) is 23.3 Å². The number of carbonyl (C=O) groups is 1. The largest absolute Gasteiger partial charge is 0.347 e. The van der Waals surface area contributed by atoms with E-state index in [1.54, 1.807) is 17.5 Å². The summed E-state index contributed by atoms with van der Waals surface area (Å²) in [5.41, 5.74) is 2.86. The van der Waals surface area contributed by atoms with Crippen molar-refractivity contribution in [3.05, 3.63) is 36.2 Å². The van der Waals surface area contributed by atoms with Crippen LogP contribution in [0.1, 0.15) is 31.4 Å². The molecular weight excluding hydrogens is 322 g/mol. The van der Waals surface area contributed by atoms with Gasteiger partial charge in [0.1, 0.15) is 0 Å². The molecule has 0 aliphatic carbocycles. The first-order chi connectivity index (χ1) is 11.7. The Kier molecular flexibility index (Phi) is 3.93. The summed E-state index contributed by atoms with van der Waals surface area (Å²) >= 11 is 1.74. The summed E-state index contributed by atoms with van der Waals surface area (Å²) in [6, 6.07) is 8.24. The Morgan fingerprint density at radius 2 is 2.29 bits per heavy atom. The first-order valence-corrected chi connectivity index (χ1v) is 8.94. The molecule has 124 valence electrons. The van der Waals surface area contributed by atoms with E-state index < -0.39 is 0 Å². The Bertz CT molecular complexity index is 838. The standard InChI is InChI=1S/C17H19N5OS/c1-11(23)19-14-9-18-21-16(14)12-5-4-8-22(10-12)17-20-13-6-2-3-7-15(13)24-17/h2-3,6-7,9,12H,4-5,8,10H2,1H3,(H,18,21)(H,19,23)/t12-/m1/s1. The minimum absolute atomic E-state index is 0.0727. The molecule has 1 saturated heterocycles. The molecule has 7 heteroatoms. The van der Waals surface area contributed by atoms with Crippen molar-refractivity contribution in [2.24, 2.45) is 0 Å². The molecule has 1 aromatic carbocycles. The number of amides is 1. The molecule has 0 spiro atoms. The van der Waals surface area contributed by atoms with Crippen LogP contribution in [-0.2, 0) is 4.79 Å². The molecule has 1 fully saturated rings. The number of nitrogens with one attached hydrogen (secondary N) is 2. The zero-order valence-corrected chi connectivity index (χ0v) is 14.3. The van der Waals surface area contributed by atoms with E-state index in [-0.39, 0.29) is 5.91 Å². The first kappa shape index (κ1) is 15.1. The first-order valence-electron chi connectivity index (χ1n) is 8.12. The summed E-state index contributed by atoms with van der Waals surface area (Å²) in [4.78, 5) is 18.5. The fourth-order valence-corrected chi connectivity index (χ4v) is 4.28. The molecule has 1 aliphatic heterocycles. The molecule has 2 N–H and O–H groups in total. The second-order valence-electron chi connectivity index (χ2n) is 6.13. The van der Waals surface area contributed by atoms with E-state index >= 15 is 0 Å². The van der Waals surface area contributed by atoms with Gasteiger partial charge in [-0.15, -0.1) is 0 Å². The van der Waals surface area contributed by atoms with Crippen molar-refractivity contribution < 1.29 is 4.79 Å². The van der Waals surface area contributed by atoms with E-state index in [4.69, 9.17) is 4.98 Å². The Balaban J connectivity index is 1.57. The number of fused-ring (bicyclic) bond motifs is 1. The van der Waals surface area contributed by atoms with Crippen molar-refractivity contribution in [1.29, 1.82) is 0 Å². The molecule has 0 unspecified atom stereocenters. The Morgan fingerprint density at radius 1 is 1.42 bits per heavy atom. The molecule has 6 nitrogen and oxygen atoms in total. The highest BCUT2D eigenvalue weighted by atomic mass is 32.1. The number of rotatable bonds is 3. The summed E-state index contributed by atoms with van der Waals surface area (Å²) < 4.78 is 1.22. The van der Waals surface area contributed by atoms with Gasteiger partial charge in [0.05, 0.1) is 27.8 Å². The molecule has 0 saturated carbocycles. The van der Waals surface area contributed by atoms with Gasteiger partial charge in [-0.25, -0.2) is 4.98 Å². The molecular formula is C17H19N5OS. The van der Waals surface area contributed by atoms with Gasteiger partial charge in [-0.1, -0.05) is 23.5 Å². The molecule has 3 heterocycles. The number of H-pyrrole nitrogens is 1. The third kappa shape index (κ3) is 2.87. The van der Waals surface area contributed by atoms with E-state index in [0.717, 1.165) is 48.0 Å². The van der Waals surface area contributed by atoms with Gasteiger partial charge in [-0.2, -0.15) is 5.10 Å². The molecule has 24 heavy (non-hydrogen) atoms. The van der Waals surface area contributed by atoms with E-state index in [9.17, 15) is 4.79 Å². The molecule has 2 aromatic heterocycles. The number of thiazole rings is 1. The molecule has 3 aromatic rings. The number of para-hydroxylation sites is 1. The van der Waals surface area contributed by atoms with E-state index in [0.29, 0.717) is 5.92 Å². The van der Waals surface area contributed by atoms with Crippen LogP contribution in [0, 0.1) is 0 Å². The summed E-state index contributed by atoms with van der Waals surface area (Å²) in [6.45, 7) is 3.42. The number of piperidine rings is 1. The highest BCUT2D eigenvalue weighted by Crippen LogP contribution is 2.35. The van der Waals surface area contributed by atoms with Crippen molar-refractivity contribution in [3.63, 3.8) is 0 Å². The Labute approximate surface area is 143 Å². The minimum Gasteiger partial charge on any atom is -0.347 e. The molecule has 1 atom stereocenters. The number of carbonyl (C=O) groups excluding carboxylic acids is 1. The van der Waals surface area contributed by atoms with Gasteiger partial charge < -0.3 is 10.2 Å². The molecule has 0 radical (unpaired) electrons. The lowest BCUT2D eigenvalue weighted by atomic mass is 9.94. The summed E-state index contributed by atoms with van der Waals surface area (Å²) in [5, 5.41) is 11.1. The fourth-order valence-electron chi connectivity index (χ4n) is 3.28. The summed E-state index contributed by atoms with van der Waals surface area (Å²) in [6.07, 6.45) is 3.86. The maximum absolute atomic E-state index is 11.4. The normalized spacial score (nSPS) is 18.0. The minimum atomic E-state index is -0.0727. The van der Waals surface area contributed by atoms with Crippen LogP contribution in [0.15, 0.2) is 30.5 Å². The van der Waals surface area contributed by atoms with Crippen LogP contribution >= 0.6 is 11.3 Å². The number of hydrogen-bond donors (Lipinski definition) is 2. The van der Waals surface area contributed by atoms with Gasteiger partial charge in [-0.3, -0.25) is 9.89 Å². The lowest BCUT2D eigenvalue weighted by Gasteiger charge is -2.32. The van der Waals surface area contributed by atoms with Gasteiger partial charge in [0.15, 0.2) is 5.13 Å². The smallest absolute Gasteiger partial charge is 0.221 e. The molecule has 1 aliphatic rings. The van der Waals surface area contributed by atoms with Crippen LogP contribution in [0.3, 0.4) is 0 Å². The summed E-state index contributed by atoms with van der Waals surface area (Å²) in [7, 11) is 0. The van der Waals surface area contributed by atoms with Gasteiger partial charge in [0, 0.05) is 25.9 Å². The number of aromatic nitrogens is 3. The zero-order valence-electron chi connectivity index (χ0n) is 13.5. The van der Waals surface area contributed by atoms with Crippen molar-refractivity contribution in [3.8, 4) is 0 Å². The van der Waals surface area contributed by atoms with Crippen LogP contribution in [0.25, 0.3) is 10.2 Å². The number of nitrogens with zero attached hydrogens (tertiary/aromatic N) is 3. The van der Waals surface area contributed by atoms with Crippen LogP contribution in [0.2, 0.25) is 0 Å². The Hall–Kier alpha value is -2.41. The predicted molar refractivity (Wildman–Crippen MR) is 96.7 cm³/mol. The maximum Gasteiger partial charge on any atom is 0.221 e. The van der Waals surface area contributed by atoms with E-state index in [2.05, 4.69) is 32.5 Å². The third-order valence-electron chi connectivity index (χ3n) is 4.36. The molecule has 4 rings (SSSR count). The number of aromatic amines is 1. The Morgan fingerprint density at radius 3 is 3.12 bits per heavy atom. The SMILES string of the molecule is CC(=O)Nc1cn[nH]c1[C@@H]1CCCN(c2nc3ccccc3s2)C1. The summed E-state index contributed by atoms with van der Waals surface area (Å²) in [5.74, 6) is 0.242. The quantitative estimate of drug-likeness (QED) is 0.766. The van der Waals surface area contributed by atoms with Crippen LogP contribution < -0.4 is 10.2 Å². The maximum atomic E-state index is 11.4. The topological polar surface area (TPSA) is 73.9 Å². The van der Waals surface area contributed by atoms with Gasteiger partial charge >= 0.3 is 0 Å². The highest BCUT2D eigenvalue weighted by Gasteiger charge is 2.26. The predicted octanol–water partition coefficient (Wildman–Crippen LogP) is 3.36. The average molecular weight is 341 g/mol. The molecule has 1 amide bonds. The van der Waals surface area contributed by atoms with Crippen LogP contribution in [0.5, 0.6) is 0 Å². The lowest BCUT2D eigenvalue weighted by Crippen LogP contribution is -2.34. The third-order valence-corrected chi connectivity index (χ3v) is 5.46. The number of anilines is 2. The van der Waals surface area contributed by atoms with Crippen molar-refractivity contribution >= 4 is 38.3 Å². The van der Waals surface area contributed by atoms with Gasteiger partial charge in [0.2, 0.25) is 5.91 Å². The number of benzene rings is 1. The highest BCUT2D eigenvalue weighted by molar-refractivity contribution is 7.22. The van der Waals surface area contributed by atoms with E-state index in [1.807, 2.05) is 12.1 Å². The zero-order chi connectivity index (χ0) is 16.5. The second kappa shape index (κ2) is 6.24. The monoisotopic (exact) mass is 341 g/mol. The number of hydrogen-bond acceptors (Lipinski definition) is 5. The van der Waals surface area contributed by atoms with Crippen LogP contribution in [0.4, 0.5) is 10.8 Å². The fraction of sp³-hybridized carbons (Fsp3) is 0.353. The second-order valence-corrected chi connectivity index (χ2v) is 7.14. The van der Waals surface area contributed by atoms with Gasteiger partial charge in [0.25, 0.3) is 0 Å². The molecule has 0 bridgehead atoms. The van der Waals surface area contributed by atoms with Crippen molar-refractivity contribution in [2.45, 2.75) is 25.7 Å². The van der Waals surface area contributed by atoms with E-state index in [1.165, 1.54) is 11.6 Å². The van der Waals surface area contributed by atoms with Crippen LogP contribution in [-0.4, -0.2) is 34.2 Å². The lowest BCUT2D eigenvalue weighted by molar-refractivity contribution is -0.114. The van der Waals surface area contributed by atoms with Crippen molar-refractivity contribution in [1.82, 2.24) is 15.2 Å².